The van der Waals surface area contributed by atoms with Gasteiger partial charge in [0.25, 0.3) is 5.91 Å². The third-order valence-corrected chi connectivity index (χ3v) is 3.16. The fraction of sp³-hybridized carbons (Fsp3) is 0.538. The zero-order valence-corrected chi connectivity index (χ0v) is 10.7. The van der Waals surface area contributed by atoms with Gasteiger partial charge >= 0.3 is 0 Å². The summed E-state index contributed by atoms with van der Waals surface area (Å²) in [5.41, 5.74) is 0.660. The number of rotatable bonds is 5. The molecule has 0 aliphatic rings. The molecule has 0 radical (unpaired) electrons. The zero-order chi connectivity index (χ0) is 12.9. The number of nitrogens with zero attached hydrogens (tertiary/aromatic N) is 1. The van der Waals surface area contributed by atoms with Crippen molar-refractivity contribution in [2.75, 3.05) is 6.61 Å². The molecule has 0 unspecified atom stereocenters. The first-order valence-corrected chi connectivity index (χ1v) is 5.94. The normalized spacial score (nSPS) is 11.3. The van der Waals surface area contributed by atoms with Crippen LogP contribution in [0.3, 0.4) is 0 Å². The van der Waals surface area contributed by atoms with Crippen molar-refractivity contribution in [2.45, 2.75) is 39.2 Å². The molecule has 0 aromatic carbocycles. The average Bonchev–Trinajstić information content (AvgIpc) is 2.36. The zero-order valence-electron chi connectivity index (χ0n) is 10.7. The van der Waals surface area contributed by atoms with Gasteiger partial charge in [-0.15, -0.1) is 0 Å². The second kappa shape index (κ2) is 5.77. The molecule has 2 N–H and O–H groups in total. The topological polar surface area (TPSA) is 62.2 Å². The molecule has 0 saturated carbocycles. The summed E-state index contributed by atoms with van der Waals surface area (Å²) in [4.78, 5) is 16.2. The van der Waals surface area contributed by atoms with E-state index in [4.69, 9.17) is 0 Å². The number of hydrogen-bond acceptors (Lipinski definition) is 3. The highest BCUT2D eigenvalue weighted by molar-refractivity contribution is 5.92. The van der Waals surface area contributed by atoms with Gasteiger partial charge in [-0.1, -0.05) is 19.9 Å². The van der Waals surface area contributed by atoms with Gasteiger partial charge in [-0.2, -0.15) is 0 Å². The van der Waals surface area contributed by atoms with Gasteiger partial charge in [-0.3, -0.25) is 4.79 Å². The highest BCUT2D eigenvalue weighted by Crippen LogP contribution is 2.14. The number of pyridine rings is 1. The Kier molecular flexibility index (Phi) is 4.63. The van der Waals surface area contributed by atoms with Crippen molar-refractivity contribution >= 4 is 5.91 Å². The van der Waals surface area contributed by atoms with Crippen LogP contribution in [0.1, 0.15) is 42.9 Å². The monoisotopic (exact) mass is 236 g/mol. The number of aliphatic hydroxyl groups excluding tert-OH is 1. The summed E-state index contributed by atoms with van der Waals surface area (Å²) in [6, 6.07) is 5.32. The Hall–Kier alpha value is -1.42. The van der Waals surface area contributed by atoms with E-state index >= 15 is 0 Å². The lowest BCUT2D eigenvalue weighted by Crippen LogP contribution is -2.50. The Morgan fingerprint density at radius 3 is 2.53 bits per heavy atom. The van der Waals surface area contributed by atoms with Crippen LogP contribution in [0, 0.1) is 6.92 Å². The van der Waals surface area contributed by atoms with Gasteiger partial charge in [0.05, 0.1) is 12.1 Å². The van der Waals surface area contributed by atoms with E-state index in [0.29, 0.717) is 18.5 Å². The van der Waals surface area contributed by atoms with Crippen LogP contribution < -0.4 is 5.32 Å². The summed E-state index contributed by atoms with van der Waals surface area (Å²) in [7, 11) is 0. The lowest BCUT2D eigenvalue weighted by atomic mass is 9.93. The standard InChI is InChI=1S/C13H20N2O2/c1-4-13(5-2,9-16)15-12(17)11-8-6-7-10(3)14-11/h6-8,16H,4-5,9H2,1-3H3,(H,15,17). The van der Waals surface area contributed by atoms with Crippen LogP contribution in [-0.4, -0.2) is 28.1 Å². The first kappa shape index (κ1) is 13.6. The first-order valence-electron chi connectivity index (χ1n) is 5.94. The molecule has 0 fully saturated rings. The van der Waals surface area contributed by atoms with Crippen LogP contribution >= 0.6 is 0 Å². The largest absolute Gasteiger partial charge is 0.394 e. The van der Waals surface area contributed by atoms with Gasteiger partial charge in [0.15, 0.2) is 0 Å². The van der Waals surface area contributed by atoms with Crippen LogP contribution in [-0.2, 0) is 0 Å². The maximum atomic E-state index is 12.0. The smallest absolute Gasteiger partial charge is 0.270 e. The van der Waals surface area contributed by atoms with Gasteiger partial charge in [-0.25, -0.2) is 4.98 Å². The quantitative estimate of drug-likeness (QED) is 0.817. The summed E-state index contributed by atoms with van der Waals surface area (Å²) in [6.07, 6.45) is 1.38. The van der Waals surface area contributed by atoms with E-state index < -0.39 is 5.54 Å². The van der Waals surface area contributed by atoms with Gasteiger partial charge in [0, 0.05) is 5.69 Å². The summed E-state index contributed by atoms with van der Waals surface area (Å²) in [5.74, 6) is -0.230. The van der Waals surface area contributed by atoms with Crippen molar-refractivity contribution in [2.24, 2.45) is 0 Å². The lowest BCUT2D eigenvalue weighted by molar-refractivity contribution is 0.0812. The number of amides is 1. The maximum Gasteiger partial charge on any atom is 0.270 e. The highest BCUT2D eigenvalue weighted by Gasteiger charge is 2.27. The molecule has 17 heavy (non-hydrogen) atoms. The molecular formula is C13H20N2O2. The van der Waals surface area contributed by atoms with Crippen LogP contribution in [0.5, 0.6) is 0 Å². The van der Waals surface area contributed by atoms with Crippen LogP contribution in [0.4, 0.5) is 0 Å². The summed E-state index contributed by atoms with van der Waals surface area (Å²) in [6.45, 7) is 5.68. The Morgan fingerprint density at radius 1 is 1.41 bits per heavy atom. The number of aromatic nitrogens is 1. The average molecular weight is 236 g/mol. The molecule has 4 heteroatoms. The minimum absolute atomic E-state index is 0.0580. The van der Waals surface area contributed by atoms with Crippen molar-refractivity contribution in [3.63, 3.8) is 0 Å². The van der Waals surface area contributed by atoms with Crippen LogP contribution in [0.2, 0.25) is 0 Å². The number of carbonyl (C=O) groups excluding carboxylic acids is 1. The molecule has 0 spiro atoms. The Balaban J connectivity index is 2.84. The predicted octanol–water partition coefficient (Wildman–Crippen LogP) is 1.67. The van der Waals surface area contributed by atoms with E-state index in [-0.39, 0.29) is 12.5 Å². The molecule has 0 atom stereocenters. The molecule has 4 nitrogen and oxygen atoms in total. The van der Waals surface area contributed by atoms with E-state index in [2.05, 4.69) is 10.3 Å². The maximum absolute atomic E-state index is 12.0. The summed E-state index contributed by atoms with van der Waals surface area (Å²) in [5, 5.41) is 12.3. The molecule has 0 bridgehead atoms. The Labute approximate surface area is 102 Å². The van der Waals surface area contributed by atoms with Gasteiger partial charge in [0.2, 0.25) is 0 Å². The number of hydrogen-bond donors (Lipinski definition) is 2. The molecule has 1 heterocycles. The van der Waals surface area contributed by atoms with Crippen LogP contribution in [0.25, 0.3) is 0 Å². The van der Waals surface area contributed by atoms with Gasteiger partial charge in [-0.05, 0) is 31.9 Å². The summed E-state index contributed by atoms with van der Waals surface area (Å²) < 4.78 is 0. The van der Waals surface area contributed by atoms with E-state index in [9.17, 15) is 9.90 Å². The van der Waals surface area contributed by atoms with Crippen molar-refractivity contribution in [1.29, 1.82) is 0 Å². The molecule has 1 aromatic rings. The van der Waals surface area contributed by atoms with Crippen molar-refractivity contribution in [3.8, 4) is 0 Å². The molecule has 1 rings (SSSR count). The van der Waals surface area contributed by atoms with Crippen LogP contribution in [0.15, 0.2) is 18.2 Å². The van der Waals surface area contributed by atoms with Gasteiger partial charge in [0.1, 0.15) is 5.69 Å². The van der Waals surface area contributed by atoms with E-state index in [0.717, 1.165) is 5.69 Å². The number of nitrogens with one attached hydrogen (secondary N) is 1. The SMILES string of the molecule is CCC(CC)(CO)NC(=O)c1cccc(C)n1. The third-order valence-electron chi connectivity index (χ3n) is 3.16. The molecule has 0 saturated heterocycles. The van der Waals surface area contributed by atoms with E-state index in [1.54, 1.807) is 12.1 Å². The Bertz CT molecular complexity index is 378. The molecule has 0 aliphatic carbocycles. The number of aryl methyl sites for hydroxylation is 1. The number of aliphatic hydroxyl groups is 1. The molecule has 1 amide bonds. The Morgan fingerprint density at radius 2 is 2.06 bits per heavy atom. The third kappa shape index (κ3) is 3.27. The second-order valence-electron chi connectivity index (χ2n) is 4.26. The minimum atomic E-state index is -0.539. The fourth-order valence-corrected chi connectivity index (χ4v) is 1.66. The first-order chi connectivity index (χ1) is 8.06. The van der Waals surface area contributed by atoms with Crippen molar-refractivity contribution in [3.05, 3.63) is 29.6 Å². The fourth-order valence-electron chi connectivity index (χ4n) is 1.66. The second-order valence-corrected chi connectivity index (χ2v) is 4.26. The molecule has 1 aromatic heterocycles. The van der Waals surface area contributed by atoms with Gasteiger partial charge < -0.3 is 10.4 Å². The minimum Gasteiger partial charge on any atom is -0.394 e. The summed E-state index contributed by atoms with van der Waals surface area (Å²) >= 11 is 0. The lowest BCUT2D eigenvalue weighted by Gasteiger charge is -2.30. The van der Waals surface area contributed by atoms with E-state index in [1.807, 2.05) is 26.8 Å². The van der Waals surface area contributed by atoms with Crippen molar-refractivity contribution in [1.82, 2.24) is 10.3 Å². The molecule has 0 aliphatic heterocycles. The van der Waals surface area contributed by atoms with Crippen molar-refractivity contribution < 1.29 is 9.90 Å². The highest BCUT2D eigenvalue weighted by atomic mass is 16.3. The number of carbonyl (C=O) groups is 1. The van der Waals surface area contributed by atoms with E-state index in [1.165, 1.54) is 0 Å². The predicted molar refractivity (Wildman–Crippen MR) is 66.8 cm³/mol. The molecular weight excluding hydrogens is 216 g/mol. The molecule has 94 valence electrons.